The maximum atomic E-state index is 12.5. The average molecular weight is 412 g/mol. The third-order valence-corrected chi connectivity index (χ3v) is 5.66. The number of hydrogen-bond acceptors (Lipinski definition) is 3. The Morgan fingerprint density at radius 2 is 1.88 bits per heavy atom. The fourth-order valence-electron chi connectivity index (χ4n) is 3.28. The lowest BCUT2D eigenvalue weighted by atomic mass is 9.96. The van der Waals surface area contributed by atoms with Gasteiger partial charge < -0.3 is 5.32 Å². The molecule has 0 spiro atoms. The minimum atomic E-state index is -0.197. The lowest BCUT2D eigenvalue weighted by molar-refractivity contribution is -0.121. The third kappa shape index (κ3) is 3.17. The molecule has 0 atom stereocenters. The van der Waals surface area contributed by atoms with Gasteiger partial charge in [-0.25, -0.2) is 4.98 Å². The predicted molar refractivity (Wildman–Crippen MR) is 104 cm³/mol. The number of hydrogen-bond donors (Lipinski definition) is 1. The van der Waals surface area contributed by atoms with Gasteiger partial charge in [-0.15, -0.1) is 0 Å². The van der Waals surface area contributed by atoms with E-state index < -0.39 is 0 Å². The summed E-state index contributed by atoms with van der Waals surface area (Å²) in [7, 11) is 0. The van der Waals surface area contributed by atoms with Crippen LogP contribution in [0.1, 0.15) is 18.4 Å². The first-order valence-electron chi connectivity index (χ1n) is 8.55. The van der Waals surface area contributed by atoms with Crippen molar-refractivity contribution in [1.29, 1.82) is 0 Å². The number of para-hydroxylation sites is 1. The molecule has 6 heteroatoms. The van der Waals surface area contributed by atoms with Gasteiger partial charge in [0, 0.05) is 16.4 Å². The molecule has 0 radical (unpaired) electrons. The van der Waals surface area contributed by atoms with Crippen LogP contribution < -0.4 is 10.9 Å². The van der Waals surface area contributed by atoms with Gasteiger partial charge in [-0.1, -0.05) is 46.3 Å². The van der Waals surface area contributed by atoms with Gasteiger partial charge >= 0.3 is 0 Å². The molecule has 26 heavy (non-hydrogen) atoms. The second-order valence-corrected chi connectivity index (χ2v) is 7.59. The Balaban J connectivity index is 1.46. The molecule has 1 aromatic heterocycles. The highest BCUT2D eigenvalue weighted by atomic mass is 79.9. The first-order valence-corrected chi connectivity index (χ1v) is 9.34. The molecule has 0 saturated heterocycles. The maximum Gasteiger partial charge on any atom is 0.261 e. The summed E-state index contributed by atoms with van der Waals surface area (Å²) in [6, 6.07) is 15.3. The van der Waals surface area contributed by atoms with Crippen molar-refractivity contribution in [3.05, 3.63) is 75.2 Å². The summed E-state index contributed by atoms with van der Waals surface area (Å²) in [5.41, 5.74) is 1.67. The largest absolute Gasteiger partial charge is 0.354 e. The highest BCUT2D eigenvalue weighted by molar-refractivity contribution is 9.10. The molecule has 0 unspecified atom stereocenters. The monoisotopic (exact) mass is 411 g/mol. The Hall–Kier alpha value is -2.47. The van der Waals surface area contributed by atoms with Crippen LogP contribution >= 0.6 is 15.9 Å². The second kappa shape index (κ2) is 6.68. The molecule has 1 amide bonds. The molecule has 2 aromatic carbocycles. The molecule has 1 heterocycles. The molecule has 1 aliphatic carbocycles. The molecule has 5 nitrogen and oxygen atoms in total. The summed E-state index contributed by atoms with van der Waals surface area (Å²) in [5, 5.41) is 3.51. The number of amides is 1. The van der Waals surface area contributed by atoms with Crippen molar-refractivity contribution in [3.63, 3.8) is 0 Å². The Bertz CT molecular complexity index is 1040. The summed E-state index contributed by atoms with van der Waals surface area (Å²) >= 11 is 3.60. The van der Waals surface area contributed by atoms with E-state index >= 15 is 0 Å². The quantitative estimate of drug-likeness (QED) is 0.701. The van der Waals surface area contributed by atoms with Gasteiger partial charge in [0.2, 0.25) is 5.91 Å². The second-order valence-electron chi connectivity index (χ2n) is 6.73. The van der Waals surface area contributed by atoms with Gasteiger partial charge in [0.15, 0.2) is 0 Å². The predicted octanol–water partition coefficient (Wildman–Crippen LogP) is 3.01. The lowest BCUT2D eigenvalue weighted by Gasteiger charge is -2.18. The summed E-state index contributed by atoms with van der Waals surface area (Å²) in [6.45, 7) is 0.549. The zero-order valence-corrected chi connectivity index (χ0v) is 15.7. The molecule has 1 fully saturated rings. The summed E-state index contributed by atoms with van der Waals surface area (Å²) in [5.74, 6) is -0.178. The summed E-state index contributed by atoms with van der Waals surface area (Å²) < 4.78 is 2.43. The molecule has 1 aliphatic rings. The molecular weight excluding hydrogens is 394 g/mol. The number of nitrogens with zero attached hydrogens (tertiary/aromatic N) is 2. The third-order valence-electron chi connectivity index (χ3n) is 4.97. The van der Waals surface area contributed by atoms with Gasteiger partial charge in [-0.05, 0) is 36.6 Å². The molecule has 0 bridgehead atoms. The number of nitrogens with one attached hydrogen (secondary N) is 1. The van der Waals surface area contributed by atoms with Gasteiger partial charge in [0.25, 0.3) is 5.56 Å². The van der Waals surface area contributed by atoms with E-state index in [2.05, 4.69) is 32.3 Å². The van der Waals surface area contributed by atoms with Crippen molar-refractivity contribution in [2.45, 2.75) is 24.8 Å². The normalized spacial score (nSPS) is 15.0. The molecule has 3 aromatic rings. The van der Waals surface area contributed by atoms with Crippen molar-refractivity contribution >= 4 is 32.7 Å². The fraction of sp³-hybridized carbons (Fsp3) is 0.250. The Morgan fingerprint density at radius 1 is 1.15 bits per heavy atom. The van der Waals surface area contributed by atoms with Gasteiger partial charge in [-0.2, -0.15) is 0 Å². The van der Waals surface area contributed by atoms with Crippen LogP contribution in [0.15, 0.2) is 64.1 Å². The van der Waals surface area contributed by atoms with Crippen LogP contribution in [0, 0.1) is 0 Å². The topological polar surface area (TPSA) is 64.0 Å². The van der Waals surface area contributed by atoms with E-state index in [-0.39, 0.29) is 23.4 Å². The Labute approximate surface area is 159 Å². The number of fused-ring (bicyclic) bond motifs is 1. The van der Waals surface area contributed by atoms with Crippen LogP contribution in [0.3, 0.4) is 0 Å². The van der Waals surface area contributed by atoms with Gasteiger partial charge in [0.05, 0.1) is 17.2 Å². The Morgan fingerprint density at radius 3 is 2.65 bits per heavy atom. The van der Waals surface area contributed by atoms with Crippen LogP contribution in [0.2, 0.25) is 0 Å². The highest BCUT2D eigenvalue weighted by Crippen LogP contribution is 2.49. The van der Waals surface area contributed by atoms with E-state index in [1.165, 1.54) is 16.5 Å². The lowest BCUT2D eigenvalue weighted by Crippen LogP contribution is -2.37. The van der Waals surface area contributed by atoms with Crippen molar-refractivity contribution in [1.82, 2.24) is 14.9 Å². The highest BCUT2D eigenvalue weighted by Gasteiger charge is 2.45. The van der Waals surface area contributed by atoms with Crippen LogP contribution in [0.25, 0.3) is 10.9 Å². The zero-order chi connectivity index (χ0) is 18.1. The first kappa shape index (κ1) is 17.0. The van der Waals surface area contributed by atoms with Gasteiger partial charge in [-0.3, -0.25) is 14.2 Å². The minimum absolute atomic E-state index is 0.00233. The van der Waals surface area contributed by atoms with Gasteiger partial charge in [0.1, 0.15) is 6.54 Å². The number of benzene rings is 2. The number of carbonyl (C=O) groups is 1. The average Bonchev–Trinajstić information content (AvgIpc) is 3.44. The SMILES string of the molecule is O=C(Cn1cnc2ccccc2c1=O)NCC1(c2ccccc2Br)CC1. The van der Waals surface area contributed by atoms with Crippen LogP contribution in [0.4, 0.5) is 0 Å². The molecule has 0 aliphatic heterocycles. The number of carbonyl (C=O) groups excluding carboxylic acids is 1. The van der Waals surface area contributed by atoms with Crippen molar-refractivity contribution < 1.29 is 4.79 Å². The molecule has 132 valence electrons. The summed E-state index contributed by atoms with van der Waals surface area (Å²) in [6.07, 6.45) is 3.53. The first-order chi connectivity index (χ1) is 12.6. The molecular formula is C20H18BrN3O2. The van der Waals surface area contributed by atoms with E-state index in [9.17, 15) is 9.59 Å². The molecule has 4 rings (SSSR count). The smallest absolute Gasteiger partial charge is 0.261 e. The summed E-state index contributed by atoms with van der Waals surface area (Å²) in [4.78, 5) is 29.1. The number of aromatic nitrogens is 2. The maximum absolute atomic E-state index is 12.5. The van der Waals surface area contributed by atoms with Crippen molar-refractivity contribution in [2.24, 2.45) is 0 Å². The minimum Gasteiger partial charge on any atom is -0.354 e. The fourth-order valence-corrected chi connectivity index (χ4v) is 3.99. The Kier molecular flexibility index (Phi) is 4.36. The standard InChI is InChI=1S/C20H18BrN3O2/c21-16-7-3-2-6-15(16)20(9-10-20)12-22-18(25)11-24-13-23-17-8-4-1-5-14(17)19(24)26/h1-8,13H,9-12H2,(H,22,25). The van der Waals surface area contributed by atoms with E-state index in [1.807, 2.05) is 24.3 Å². The number of halogens is 1. The van der Waals surface area contributed by atoms with E-state index in [0.29, 0.717) is 17.4 Å². The van der Waals surface area contributed by atoms with E-state index in [4.69, 9.17) is 0 Å². The van der Waals surface area contributed by atoms with E-state index in [1.54, 1.807) is 18.2 Å². The van der Waals surface area contributed by atoms with E-state index in [0.717, 1.165) is 17.3 Å². The van der Waals surface area contributed by atoms with Crippen molar-refractivity contribution in [2.75, 3.05) is 6.54 Å². The van der Waals surface area contributed by atoms with Crippen LogP contribution in [-0.2, 0) is 16.8 Å². The van der Waals surface area contributed by atoms with Crippen LogP contribution in [0.5, 0.6) is 0 Å². The van der Waals surface area contributed by atoms with Crippen LogP contribution in [-0.4, -0.2) is 22.0 Å². The number of rotatable bonds is 5. The van der Waals surface area contributed by atoms with Crippen molar-refractivity contribution in [3.8, 4) is 0 Å². The zero-order valence-electron chi connectivity index (χ0n) is 14.1. The molecule has 1 N–H and O–H groups in total. The molecule has 1 saturated carbocycles.